The SMILES string of the molecule is CC1=Cc2ccc(C(C)C)cc2S1(=O)=O. The molecule has 0 N–H and O–H groups in total. The number of hydrogen-bond donors (Lipinski definition) is 0. The third kappa shape index (κ3) is 1.51. The van der Waals surface area contributed by atoms with Crippen molar-refractivity contribution in [3.63, 3.8) is 0 Å². The third-order valence-corrected chi connectivity index (χ3v) is 4.67. The van der Waals surface area contributed by atoms with Crippen molar-refractivity contribution in [1.29, 1.82) is 0 Å². The van der Waals surface area contributed by atoms with Gasteiger partial charge in [-0.2, -0.15) is 0 Å². The van der Waals surface area contributed by atoms with Gasteiger partial charge in [0, 0.05) is 4.91 Å². The van der Waals surface area contributed by atoms with E-state index in [4.69, 9.17) is 0 Å². The maximum atomic E-state index is 11.9. The summed E-state index contributed by atoms with van der Waals surface area (Å²) in [6.45, 7) is 5.76. The van der Waals surface area contributed by atoms with Gasteiger partial charge >= 0.3 is 0 Å². The van der Waals surface area contributed by atoms with Gasteiger partial charge in [-0.3, -0.25) is 0 Å². The predicted octanol–water partition coefficient (Wildman–Crippen LogP) is 2.96. The van der Waals surface area contributed by atoms with Crippen molar-refractivity contribution in [2.45, 2.75) is 31.6 Å². The molecule has 1 aromatic rings. The molecule has 0 saturated carbocycles. The Balaban J connectivity index is 2.66. The van der Waals surface area contributed by atoms with Crippen molar-refractivity contribution in [3.8, 4) is 0 Å². The van der Waals surface area contributed by atoms with E-state index in [0.29, 0.717) is 15.7 Å². The average Bonchev–Trinajstić information content (AvgIpc) is 2.38. The Morgan fingerprint density at radius 1 is 1.20 bits per heavy atom. The van der Waals surface area contributed by atoms with Crippen LogP contribution in [0.2, 0.25) is 0 Å². The number of hydrogen-bond acceptors (Lipinski definition) is 2. The molecule has 0 radical (unpaired) electrons. The van der Waals surface area contributed by atoms with E-state index < -0.39 is 9.84 Å². The van der Waals surface area contributed by atoms with Gasteiger partial charge in [0.15, 0.2) is 0 Å². The van der Waals surface area contributed by atoms with Crippen LogP contribution >= 0.6 is 0 Å². The van der Waals surface area contributed by atoms with Crippen molar-refractivity contribution in [1.82, 2.24) is 0 Å². The molecule has 0 aliphatic carbocycles. The Morgan fingerprint density at radius 3 is 2.47 bits per heavy atom. The summed E-state index contributed by atoms with van der Waals surface area (Å²) in [6.07, 6.45) is 1.73. The van der Waals surface area contributed by atoms with Crippen molar-refractivity contribution >= 4 is 15.9 Å². The lowest BCUT2D eigenvalue weighted by Gasteiger charge is -2.07. The van der Waals surface area contributed by atoms with Crippen LogP contribution in [0.5, 0.6) is 0 Å². The second-order valence-corrected chi connectivity index (χ2v) is 6.30. The summed E-state index contributed by atoms with van der Waals surface area (Å²) < 4.78 is 23.8. The lowest BCUT2D eigenvalue weighted by Crippen LogP contribution is -1.99. The molecule has 2 nitrogen and oxygen atoms in total. The van der Waals surface area contributed by atoms with Crippen molar-refractivity contribution < 1.29 is 8.42 Å². The maximum absolute atomic E-state index is 11.9. The molecule has 15 heavy (non-hydrogen) atoms. The Labute approximate surface area is 90.6 Å². The van der Waals surface area contributed by atoms with Gasteiger partial charge in [0.25, 0.3) is 0 Å². The standard InChI is InChI=1S/C12H14O2S/c1-8(2)10-4-5-11-6-9(3)15(13,14)12(11)7-10/h4-8H,1-3H3. The molecule has 1 aromatic carbocycles. The first-order chi connectivity index (χ1) is 6.93. The molecule has 0 unspecified atom stereocenters. The topological polar surface area (TPSA) is 34.1 Å². The molecule has 0 atom stereocenters. The fraction of sp³-hybridized carbons (Fsp3) is 0.333. The number of sulfone groups is 1. The number of fused-ring (bicyclic) bond motifs is 1. The predicted molar refractivity (Wildman–Crippen MR) is 61.4 cm³/mol. The molecule has 0 spiro atoms. The van der Waals surface area contributed by atoms with Gasteiger partial charge in [-0.05, 0) is 36.1 Å². The lowest BCUT2D eigenvalue weighted by atomic mass is 10.0. The fourth-order valence-corrected chi connectivity index (χ4v) is 3.09. The Kier molecular flexibility index (Phi) is 2.23. The molecule has 0 bridgehead atoms. The molecule has 1 aliphatic rings. The summed E-state index contributed by atoms with van der Waals surface area (Å²) in [6, 6.07) is 5.68. The lowest BCUT2D eigenvalue weighted by molar-refractivity contribution is 0.603. The van der Waals surface area contributed by atoms with Crippen LogP contribution < -0.4 is 0 Å². The van der Waals surface area contributed by atoms with Gasteiger partial charge in [0.1, 0.15) is 0 Å². The minimum Gasteiger partial charge on any atom is -0.219 e. The van der Waals surface area contributed by atoms with Crippen molar-refractivity contribution in [2.75, 3.05) is 0 Å². The molecule has 0 saturated heterocycles. The molecule has 0 amide bonds. The van der Waals surface area contributed by atoms with Gasteiger partial charge < -0.3 is 0 Å². The Morgan fingerprint density at radius 2 is 1.87 bits per heavy atom. The van der Waals surface area contributed by atoms with Crippen LogP contribution in [-0.2, 0) is 9.84 Å². The highest BCUT2D eigenvalue weighted by molar-refractivity contribution is 7.95. The molecule has 0 aromatic heterocycles. The molecular formula is C12H14O2S. The minimum atomic E-state index is -3.18. The van der Waals surface area contributed by atoms with E-state index in [1.807, 2.05) is 12.1 Å². The highest BCUT2D eigenvalue weighted by Crippen LogP contribution is 2.34. The first-order valence-electron chi connectivity index (χ1n) is 5.00. The first-order valence-corrected chi connectivity index (χ1v) is 6.48. The number of benzene rings is 1. The van der Waals surface area contributed by atoms with Crippen LogP contribution in [0.1, 0.15) is 37.8 Å². The summed E-state index contributed by atoms with van der Waals surface area (Å²) >= 11 is 0. The quantitative estimate of drug-likeness (QED) is 0.732. The van der Waals surface area contributed by atoms with Crippen LogP contribution in [0.4, 0.5) is 0 Å². The highest BCUT2D eigenvalue weighted by atomic mass is 32.2. The zero-order valence-corrected chi connectivity index (χ0v) is 9.93. The van der Waals surface area contributed by atoms with Gasteiger partial charge in [0.2, 0.25) is 9.84 Å². The van der Waals surface area contributed by atoms with Crippen LogP contribution in [0, 0.1) is 0 Å². The Bertz CT molecular complexity index is 537. The number of rotatable bonds is 1. The van der Waals surface area contributed by atoms with E-state index in [2.05, 4.69) is 13.8 Å². The molecule has 3 heteroatoms. The van der Waals surface area contributed by atoms with Crippen LogP contribution in [0.3, 0.4) is 0 Å². The molecule has 80 valence electrons. The van der Waals surface area contributed by atoms with Crippen molar-refractivity contribution in [2.24, 2.45) is 0 Å². The van der Waals surface area contributed by atoms with E-state index in [1.54, 1.807) is 19.1 Å². The zero-order chi connectivity index (χ0) is 11.2. The summed E-state index contributed by atoms with van der Waals surface area (Å²) in [4.78, 5) is 0.907. The monoisotopic (exact) mass is 222 g/mol. The normalized spacial score (nSPS) is 17.7. The fourth-order valence-electron chi connectivity index (χ4n) is 1.73. The largest absolute Gasteiger partial charge is 0.219 e. The summed E-state index contributed by atoms with van der Waals surface area (Å²) in [5.41, 5.74) is 1.89. The first kappa shape index (κ1) is 10.4. The van der Waals surface area contributed by atoms with E-state index in [9.17, 15) is 8.42 Å². The van der Waals surface area contributed by atoms with Crippen LogP contribution in [0.25, 0.3) is 6.08 Å². The molecule has 1 aliphatic heterocycles. The van der Waals surface area contributed by atoms with E-state index >= 15 is 0 Å². The smallest absolute Gasteiger partial charge is 0.203 e. The van der Waals surface area contributed by atoms with Crippen LogP contribution in [-0.4, -0.2) is 8.42 Å². The van der Waals surface area contributed by atoms with Gasteiger partial charge in [0.05, 0.1) is 4.90 Å². The maximum Gasteiger partial charge on any atom is 0.203 e. The Hall–Kier alpha value is -1.09. The van der Waals surface area contributed by atoms with Gasteiger partial charge in [-0.15, -0.1) is 0 Å². The molecule has 2 rings (SSSR count). The zero-order valence-electron chi connectivity index (χ0n) is 9.11. The molecular weight excluding hydrogens is 208 g/mol. The average molecular weight is 222 g/mol. The second kappa shape index (κ2) is 3.20. The molecule has 1 heterocycles. The summed E-state index contributed by atoms with van der Waals surface area (Å²) in [7, 11) is -3.18. The summed E-state index contributed by atoms with van der Waals surface area (Å²) in [5.74, 6) is 0.353. The van der Waals surface area contributed by atoms with E-state index in [0.717, 1.165) is 11.1 Å². The van der Waals surface area contributed by atoms with Crippen molar-refractivity contribution in [3.05, 3.63) is 34.2 Å². The van der Waals surface area contributed by atoms with Crippen LogP contribution in [0.15, 0.2) is 28.0 Å². The van der Waals surface area contributed by atoms with E-state index in [1.165, 1.54) is 0 Å². The minimum absolute atomic E-state index is 0.353. The van der Waals surface area contributed by atoms with E-state index in [-0.39, 0.29) is 0 Å². The number of allylic oxidation sites excluding steroid dienone is 1. The molecule has 0 fully saturated rings. The summed E-state index contributed by atoms with van der Waals surface area (Å²) in [5, 5.41) is 0. The second-order valence-electron chi connectivity index (χ2n) is 4.21. The van der Waals surface area contributed by atoms with Gasteiger partial charge in [-0.1, -0.05) is 26.0 Å². The highest BCUT2D eigenvalue weighted by Gasteiger charge is 2.26. The van der Waals surface area contributed by atoms with Gasteiger partial charge in [-0.25, -0.2) is 8.42 Å². The third-order valence-electron chi connectivity index (χ3n) is 2.78.